The first kappa shape index (κ1) is 18.6. The Bertz CT molecular complexity index is 445. The van der Waals surface area contributed by atoms with Gasteiger partial charge in [-0.05, 0) is 54.9 Å². The van der Waals surface area contributed by atoms with Crippen LogP contribution in [-0.2, 0) is 6.42 Å². The van der Waals surface area contributed by atoms with E-state index >= 15 is 0 Å². The van der Waals surface area contributed by atoms with Crippen LogP contribution in [0.15, 0.2) is 12.1 Å². The van der Waals surface area contributed by atoms with Gasteiger partial charge >= 0.3 is 0 Å². The molecule has 1 unspecified atom stereocenters. The van der Waals surface area contributed by atoms with Crippen molar-refractivity contribution >= 4 is 24.0 Å². The van der Waals surface area contributed by atoms with Crippen molar-refractivity contribution in [3.05, 3.63) is 28.3 Å². The van der Waals surface area contributed by atoms with Gasteiger partial charge in [-0.15, -0.1) is 12.4 Å². The van der Waals surface area contributed by atoms with Crippen LogP contribution in [0.25, 0.3) is 0 Å². The number of benzene rings is 1. The highest BCUT2D eigenvalue weighted by molar-refractivity contribution is 6.30. The maximum absolute atomic E-state index is 6.33. The van der Waals surface area contributed by atoms with Gasteiger partial charge in [0.15, 0.2) is 0 Å². The highest BCUT2D eigenvalue weighted by Crippen LogP contribution is 2.40. The lowest BCUT2D eigenvalue weighted by molar-refractivity contribution is 0.381. The van der Waals surface area contributed by atoms with Gasteiger partial charge in [0.05, 0.1) is 7.11 Å². The molecule has 1 fully saturated rings. The first-order valence-corrected chi connectivity index (χ1v) is 8.15. The molecular formula is C17H27Cl2NO. The van der Waals surface area contributed by atoms with E-state index in [1.807, 2.05) is 6.07 Å². The van der Waals surface area contributed by atoms with Crippen molar-refractivity contribution in [2.75, 3.05) is 7.11 Å². The van der Waals surface area contributed by atoms with E-state index < -0.39 is 0 Å². The Labute approximate surface area is 139 Å². The average molecular weight is 332 g/mol. The fourth-order valence-electron chi connectivity index (χ4n) is 3.22. The Hall–Kier alpha value is -0.440. The second-order valence-electron chi connectivity index (χ2n) is 5.89. The second kappa shape index (κ2) is 8.87. The summed E-state index contributed by atoms with van der Waals surface area (Å²) in [4.78, 5) is 0. The number of halogens is 2. The zero-order chi connectivity index (χ0) is 14.5. The minimum Gasteiger partial charge on any atom is -0.496 e. The van der Waals surface area contributed by atoms with Crippen LogP contribution >= 0.6 is 24.0 Å². The van der Waals surface area contributed by atoms with Gasteiger partial charge in [-0.1, -0.05) is 37.8 Å². The standard InChI is InChI=1S/C17H26ClNO.ClH/c1-3-15(19)10-13-9-14(18)11-16(17(13)20-2)12-7-5-4-6-8-12;/h9,11-12,15H,3-8,10,19H2,1-2H3;1H. The van der Waals surface area contributed by atoms with Crippen molar-refractivity contribution in [3.63, 3.8) is 0 Å². The number of hydrogen-bond acceptors (Lipinski definition) is 2. The van der Waals surface area contributed by atoms with Crippen LogP contribution in [0.3, 0.4) is 0 Å². The predicted molar refractivity (Wildman–Crippen MR) is 93.0 cm³/mol. The lowest BCUT2D eigenvalue weighted by Gasteiger charge is -2.26. The molecule has 0 bridgehead atoms. The van der Waals surface area contributed by atoms with Crippen LogP contribution in [0.2, 0.25) is 5.02 Å². The van der Waals surface area contributed by atoms with Crippen molar-refractivity contribution < 1.29 is 4.74 Å². The van der Waals surface area contributed by atoms with Crippen LogP contribution < -0.4 is 10.5 Å². The summed E-state index contributed by atoms with van der Waals surface area (Å²) in [6, 6.07) is 4.28. The zero-order valence-electron chi connectivity index (χ0n) is 13.0. The van der Waals surface area contributed by atoms with E-state index in [1.54, 1.807) is 7.11 Å². The number of rotatable bonds is 5. The zero-order valence-corrected chi connectivity index (χ0v) is 14.6. The molecule has 0 radical (unpaired) electrons. The number of nitrogens with two attached hydrogens (primary N) is 1. The fourth-order valence-corrected chi connectivity index (χ4v) is 3.47. The molecule has 21 heavy (non-hydrogen) atoms. The SMILES string of the molecule is CCC(N)Cc1cc(Cl)cc(C2CCCCC2)c1OC.Cl. The fraction of sp³-hybridized carbons (Fsp3) is 0.647. The van der Waals surface area contributed by atoms with Crippen LogP contribution in [0.5, 0.6) is 5.75 Å². The second-order valence-corrected chi connectivity index (χ2v) is 6.33. The third kappa shape index (κ3) is 4.77. The van der Waals surface area contributed by atoms with Gasteiger partial charge in [0.25, 0.3) is 0 Å². The molecule has 1 aliphatic carbocycles. The largest absolute Gasteiger partial charge is 0.496 e. The monoisotopic (exact) mass is 331 g/mol. The Morgan fingerprint density at radius 2 is 1.95 bits per heavy atom. The molecule has 1 aromatic rings. The van der Waals surface area contributed by atoms with E-state index in [9.17, 15) is 0 Å². The normalized spacial score (nSPS) is 17.1. The Morgan fingerprint density at radius 3 is 2.52 bits per heavy atom. The first-order valence-electron chi connectivity index (χ1n) is 7.77. The molecule has 2 rings (SSSR count). The summed E-state index contributed by atoms with van der Waals surface area (Å²) in [5.74, 6) is 1.61. The molecule has 0 aliphatic heterocycles. The molecule has 0 heterocycles. The molecule has 120 valence electrons. The molecule has 2 N–H and O–H groups in total. The van der Waals surface area contributed by atoms with E-state index in [-0.39, 0.29) is 18.4 Å². The molecule has 4 heteroatoms. The summed E-state index contributed by atoms with van der Waals surface area (Å²) >= 11 is 6.33. The third-order valence-electron chi connectivity index (χ3n) is 4.41. The van der Waals surface area contributed by atoms with Crippen LogP contribution in [0, 0.1) is 0 Å². The average Bonchev–Trinajstić information content (AvgIpc) is 2.47. The van der Waals surface area contributed by atoms with Gasteiger partial charge in [0, 0.05) is 11.1 Å². The number of ether oxygens (including phenoxy) is 1. The summed E-state index contributed by atoms with van der Waals surface area (Å²) in [5, 5.41) is 0.810. The topological polar surface area (TPSA) is 35.2 Å². The highest BCUT2D eigenvalue weighted by Gasteiger charge is 2.22. The van der Waals surface area contributed by atoms with E-state index in [0.29, 0.717) is 5.92 Å². The summed E-state index contributed by atoms with van der Waals surface area (Å²) in [6.45, 7) is 2.11. The van der Waals surface area contributed by atoms with Crippen molar-refractivity contribution in [3.8, 4) is 5.75 Å². The lowest BCUT2D eigenvalue weighted by Crippen LogP contribution is -2.22. The highest BCUT2D eigenvalue weighted by atomic mass is 35.5. The Balaban J connectivity index is 0.00000220. The van der Waals surface area contributed by atoms with Crippen molar-refractivity contribution in [2.24, 2.45) is 5.73 Å². The smallest absolute Gasteiger partial charge is 0.125 e. The molecule has 1 atom stereocenters. The summed E-state index contributed by atoms with van der Waals surface area (Å²) in [7, 11) is 1.76. The van der Waals surface area contributed by atoms with Crippen molar-refractivity contribution in [1.82, 2.24) is 0 Å². The van der Waals surface area contributed by atoms with Gasteiger partial charge < -0.3 is 10.5 Å². The minimum absolute atomic E-state index is 0. The van der Waals surface area contributed by atoms with E-state index in [1.165, 1.54) is 37.7 Å². The lowest BCUT2D eigenvalue weighted by atomic mass is 9.82. The molecule has 0 aromatic heterocycles. The number of methoxy groups -OCH3 is 1. The molecule has 1 saturated carbocycles. The third-order valence-corrected chi connectivity index (χ3v) is 4.63. The van der Waals surface area contributed by atoms with Crippen LogP contribution in [0.4, 0.5) is 0 Å². The van der Waals surface area contributed by atoms with Crippen molar-refractivity contribution in [2.45, 2.75) is 63.8 Å². The van der Waals surface area contributed by atoms with Crippen LogP contribution in [-0.4, -0.2) is 13.2 Å². The van der Waals surface area contributed by atoms with Gasteiger partial charge in [-0.3, -0.25) is 0 Å². The molecule has 0 spiro atoms. The minimum atomic E-state index is 0. The molecule has 0 amide bonds. The Morgan fingerprint density at radius 1 is 1.29 bits per heavy atom. The predicted octanol–water partition coefficient (Wildman–Crippen LogP) is 5.10. The van der Waals surface area contributed by atoms with Crippen molar-refractivity contribution in [1.29, 1.82) is 0 Å². The Kier molecular flexibility index (Phi) is 7.86. The summed E-state index contributed by atoms with van der Waals surface area (Å²) in [6.07, 6.45) is 8.27. The molecule has 1 aromatic carbocycles. The molecule has 0 saturated heterocycles. The van der Waals surface area contributed by atoms with Gasteiger partial charge in [0.2, 0.25) is 0 Å². The maximum atomic E-state index is 6.33. The molecule has 1 aliphatic rings. The van der Waals surface area contributed by atoms with Gasteiger partial charge in [-0.25, -0.2) is 0 Å². The molecular weight excluding hydrogens is 305 g/mol. The van der Waals surface area contributed by atoms with E-state index in [2.05, 4.69) is 13.0 Å². The van der Waals surface area contributed by atoms with Gasteiger partial charge in [-0.2, -0.15) is 0 Å². The number of hydrogen-bond donors (Lipinski definition) is 1. The molecule has 2 nitrogen and oxygen atoms in total. The quantitative estimate of drug-likeness (QED) is 0.814. The van der Waals surface area contributed by atoms with E-state index in [0.717, 1.165) is 29.2 Å². The van der Waals surface area contributed by atoms with E-state index in [4.69, 9.17) is 22.1 Å². The summed E-state index contributed by atoms with van der Waals surface area (Å²) < 4.78 is 5.72. The van der Waals surface area contributed by atoms with Gasteiger partial charge in [0.1, 0.15) is 5.75 Å². The van der Waals surface area contributed by atoms with Crippen LogP contribution in [0.1, 0.15) is 62.5 Å². The first-order chi connectivity index (χ1) is 9.65. The maximum Gasteiger partial charge on any atom is 0.125 e. The summed E-state index contributed by atoms with van der Waals surface area (Å²) in [5.41, 5.74) is 8.56.